The summed E-state index contributed by atoms with van der Waals surface area (Å²) in [6.45, 7) is 1.85. The Labute approximate surface area is 306 Å². The fourth-order valence-corrected chi connectivity index (χ4v) is 6.19. The highest BCUT2D eigenvalue weighted by molar-refractivity contribution is 8.00. The van der Waals surface area contributed by atoms with Gasteiger partial charge in [-0.3, -0.25) is 14.4 Å². The van der Waals surface area contributed by atoms with E-state index in [0.29, 0.717) is 44.8 Å². The Morgan fingerprint density at radius 3 is 2.06 bits per heavy atom. The van der Waals surface area contributed by atoms with Crippen LogP contribution < -0.4 is 30.2 Å². The van der Waals surface area contributed by atoms with E-state index in [1.54, 1.807) is 86.0 Å². The Morgan fingerprint density at radius 2 is 1.41 bits per heavy atom. The number of aryl methyl sites for hydroxylation is 1. The molecule has 0 aromatic heterocycles. The quantitative estimate of drug-likeness (QED) is 0.0825. The summed E-state index contributed by atoms with van der Waals surface area (Å²) in [7, 11) is 4.57. The van der Waals surface area contributed by atoms with Gasteiger partial charge >= 0.3 is 0 Å². The third kappa shape index (κ3) is 9.50. The van der Waals surface area contributed by atoms with Crippen LogP contribution in [-0.2, 0) is 9.59 Å². The fourth-order valence-electron chi connectivity index (χ4n) is 5.02. The molecular weight excluding hydrogens is 686 g/mol. The van der Waals surface area contributed by atoms with Gasteiger partial charge in [-0.2, -0.15) is 0 Å². The summed E-state index contributed by atoms with van der Waals surface area (Å²) in [5.41, 5.74) is 3.54. The van der Waals surface area contributed by atoms with Crippen LogP contribution in [0.2, 0.25) is 5.02 Å². The van der Waals surface area contributed by atoms with Crippen molar-refractivity contribution < 1.29 is 28.6 Å². The molecule has 51 heavy (non-hydrogen) atoms. The zero-order valence-corrected chi connectivity index (χ0v) is 29.9. The SMILES string of the molecule is COc1ccc(/C=C(\NC(=O)c2ccccc2)C(=O)Nc2ccc(SC(C(=O)Nc3cc(C)c(Cl)cc3OC)c3ccccc3)cc2)c(OC)c1. The number of carbonyl (C=O) groups excluding carboxylic acids is 3. The first-order valence-electron chi connectivity index (χ1n) is 15.8. The van der Waals surface area contributed by atoms with Crippen LogP contribution in [0, 0.1) is 6.92 Å². The van der Waals surface area contributed by atoms with Crippen molar-refractivity contribution in [1.29, 1.82) is 0 Å². The Kier molecular flexibility index (Phi) is 12.4. The van der Waals surface area contributed by atoms with E-state index in [9.17, 15) is 14.4 Å². The van der Waals surface area contributed by atoms with Crippen LogP contribution in [0.25, 0.3) is 6.08 Å². The maximum atomic E-state index is 13.8. The van der Waals surface area contributed by atoms with E-state index in [1.165, 1.54) is 26.0 Å². The van der Waals surface area contributed by atoms with Crippen LogP contribution in [0.3, 0.4) is 0 Å². The van der Waals surface area contributed by atoms with E-state index < -0.39 is 17.1 Å². The van der Waals surface area contributed by atoms with Crippen molar-refractivity contribution in [1.82, 2.24) is 5.32 Å². The number of ether oxygens (including phenoxy) is 3. The molecular formula is C40H36ClN3O6S. The van der Waals surface area contributed by atoms with Crippen LogP contribution in [0.4, 0.5) is 11.4 Å². The van der Waals surface area contributed by atoms with Gasteiger partial charge < -0.3 is 30.2 Å². The molecule has 5 aromatic carbocycles. The van der Waals surface area contributed by atoms with Crippen LogP contribution in [0.15, 0.2) is 126 Å². The number of hydrogen-bond acceptors (Lipinski definition) is 7. The molecule has 0 aliphatic carbocycles. The number of carbonyl (C=O) groups is 3. The first-order valence-corrected chi connectivity index (χ1v) is 17.0. The number of anilines is 2. The molecule has 5 rings (SSSR count). The molecule has 5 aromatic rings. The third-order valence-electron chi connectivity index (χ3n) is 7.71. The van der Waals surface area contributed by atoms with Gasteiger partial charge in [0.2, 0.25) is 5.91 Å². The molecule has 1 atom stereocenters. The minimum atomic E-state index is -0.616. The summed E-state index contributed by atoms with van der Waals surface area (Å²) in [5, 5.41) is 8.53. The largest absolute Gasteiger partial charge is 0.497 e. The van der Waals surface area contributed by atoms with Crippen molar-refractivity contribution in [3.05, 3.63) is 148 Å². The number of amides is 3. The number of benzene rings is 5. The molecule has 11 heteroatoms. The number of rotatable bonds is 13. The molecule has 3 amide bonds. The van der Waals surface area contributed by atoms with Crippen LogP contribution >= 0.6 is 23.4 Å². The van der Waals surface area contributed by atoms with Gasteiger partial charge in [-0.1, -0.05) is 60.1 Å². The molecule has 0 aliphatic heterocycles. The van der Waals surface area contributed by atoms with Gasteiger partial charge in [-0.05, 0) is 78.7 Å². The van der Waals surface area contributed by atoms with Crippen LogP contribution in [-0.4, -0.2) is 39.1 Å². The average Bonchev–Trinajstić information content (AvgIpc) is 3.16. The molecule has 0 saturated carbocycles. The second-order valence-corrected chi connectivity index (χ2v) is 12.7. The Morgan fingerprint density at radius 1 is 0.745 bits per heavy atom. The molecule has 0 aliphatic rings. The number of halogens is 1. The predicted molar refractivity (Wildman–Crippen MR) is 203 cm³/mol. The summed E-state index contributed by atoms with van der Waals surface area (Å²) in [6, 6.07) is 33.7. The highest BCUT2D eigenvalue weighted by Crippen LogP contribution is 2.38. The van der Waals surface area contributed by atoms with Crippen molar-refractivity contribution >= 4 is 58.5 Å². The second-order valence-electron chi connectivity index (χ2n) is 11.2. The molecule has 0 spiro atoms. The highest BCUT2D eigenvalue weighted by atomic mass is 35.5. The lowest BCUT2D eigenvalue weighted by Gasteiger charge is -2.19. The van der Waals surface area contributed by atoms with E-state index in [4.69, 9.17) is 25.8 Å². The number of nitrogens with one attached hydrogen (secondary N) is 3. The Balaban J connectivity index is 1.37. The molecule has 1 unspecified atom stereocenters. The van der Waals surface area contributed by atoms with Gasteiger partial charge in [0.05, 0.1) is 27.0 Å². The average molecular weight is 722 g/mol. The Bertz CT molecular complexity index is 2040. The minimum Gasteiger partial charge on any atom is -0.497 e. The van der Waals surface area contributed by atoms with Gasteiger partial charge in [0.15, 0.2) is 0 Å². The molecule has 9 nitrogen and oxygen atoms in total. The number of methoxy groups -OCH3 is 3. The third-order valence-corrected chi connectivity index (χ3v) is 9.39. The second kappa shape index (κ2) is 17.3. The van der Waals surface area contributed by atoms with Crippen molar-refractivity contribution in [2.75, 3.05) is 32.0 Å². The number of thioether (sulfide) groups is 1. The van der Waals surface area contributed by atoms with Gasteiger partial charge in [0.1, 0.15) is 28.2 Å². The van der Waals surface area contributed by atoms with Crippen molar-refractivity contribution in [2.45, 2.75) is 17.1 Å². The zero-order valence-electron chi connectivity index (χ0n) is 28.4. The lowest BCUT2D eigenvalue weighted by Crippen LogP contribution is -2.30. The summed E-state index contributed by atoms with van der Waals surface area (Å²) < 4.78 is 16.3. The van der Waals surface area contributed by atoms with Gasteiger partial charge in [0, 0.05) is 38.9 Å². The summed E-state index contributed by atoms with van der Waals surface area (Å²) in [5.74, 6) is 0.236. The smallest absolute Gasteiger partial charge is 0.272 e. The monoisotopic (exact) mass is 721 g/mol. The van der Waals surface area contributed by atoms with Gasteiger partial charge in [-0.15, -0.1) is 11.8 Å². The summed E-state index contributed by atoms with van der Waals surface area (Å²) in [4.78, 5) is 41.3. The molecule has 260 valence electrons. The van der Waals surface area contributed by atoms with E-state index >= 15 is 0 Å². The summed E-state index contributed by atoms with van der Waals surface area (Å²) >= 11 is 7.64. The maximum absolute atomic E-state index is 13.8. The molecule has 0 radical (unpaired) electrons. The normalized spacial score (nSPS) is 11.6. The first kappa shape index (κ1) is 36.6. The predicted octanol–water partition coefficient (Wildman–Crippen LogP) is 8.56. The molecule has 0 saturated heterocycles. The van der Waals surface area contributed by atoms with Crippen molar-refractivity contribution in [3.8, 4) is 17.2 Å². The summed E-state index contributed by atoms with van der Waals surface area (Å²) in [6.07, 6.45) is 1.54. The maximum Gasteiger partial charge on any atom is 0.272 e. The topological polar surface area (TPSA) is 115 Å². The minimum absolute atomic E-state index is 0.000511. The highest BCUT2D eigenvalue weighted by Gasteiger charge is 2.24. The van der Waals surface area contributed by atoms with Crippen LogP contribution in [0.5, 0.6) is 17.2 Å². The lowest BCUT2D eigenvalue weighted by molar-refractivity contribution is -0.116. The molecule has 0 bridgehead atoms. The fraction of sp³-hybridized carbons (Fsp3) is 0.125. The molecule has 3 N–H and O–H groups in total. The van der Waals surface area contributed by atoms with Crippen molar-refractivity contribution in [2.24, 2.45) is 0 Å². The lowest BCUT2D eigenvalue weighted by atomic mass is 10.1. The van der Waals surface area contributed by atoms with E-state index in [0.717, 1.165) is 16.0 Å². The molecule has 0 fully saturated rings. The van der Waals surface area contributed by atoms with E-state index in [2.05, 4.69) is 16.0 Å². The molecule has 0 heterocycles. The number of hydrogen-bond donors (Lipinski definition) is 3. The van der Waals surface area contributed by atoms with Crippen LogP contribution in [0.1, 0.15) is 32.3 Å². The first-order chi connectivity index (χ1) is 24.7. The van der Waals surface area contributed by atoms with Gasteiger partial charge in [-0.25, -0.2) is 0 Å². The zero-order chi connectivity index (χ0) is 36.3. The van der Waals surface area contributed by atoms with E-state index in [-0.39, 0.29) is 11.6 Å². The Hall–Kier alpha value is -5.71. The standard InChI is InChI=1S/C40H36ClN3O6S/c1-25-21-33(36(50-4)24-32(25)41)43-40(47)37(26-11-7-5-8-12-26)51-31-19-16-29(17-20-31)42-39(46)34(44-38(45)27-13-9-6-10-14-27)22-28-15-18-30(48-2)23-35(28)49-3/h5-24,37H,1-4H3,(H,42,46)(H,43,47)(H,44,45)/b34-22-. The van der Waals surface area contributed by atoms with E-state index in [1.807, 2.05) is 49.4 Å². The van der Waals surface area contributed by atoms with Gasteiger partial charge in [0.25, 0.3) is 11.8 Å². The van der Waals surface area contributed by atoms with Crippen molar-refractivity contribution in [3.63, 3.8) is 0 Å².